The highest BCUT2D eigenvalue weighted by atomic mass is 16.5. The number of hydrogen-bond acceptors (Lipinski definition) is 6. The predicted molar refractivity (Wildman–Crippen MR) is 110 cm³/mol. The second kappa shape index (κ2) is 9.32. The minimum atomic E-state index is 0.0990. The van der Waals surface area contributed by atoms with Crippen molar-refractivity contribution in [1.29, 1.82) is 0 Å². The van der Waals surface area contributed by atoms with Gasteiger partial charge in [0.25, 0.3) is 11.8 Å². The van der Waals surface area contributed by atoms with Crippen LogP contribution in [0.2, 0.25) is 0 Å². The highest BCUT2D eigenvalue weighted by molar-refractivity contribution is 5.76. The second-order valence-corrected chi connectivity index (χ2v) is 7.36. The van der Waals surface area contributed by atoms with Gasteiger partial charge in [0.1, 0.15) is 0 Å². The van der Waals surface area contributed by atoms with Crippen LogP contribution in [0.1, 0.15) is 24.8 Å². The molecule has 150 valence electrons. The molecule has 3 aromatic rings. The zero-order valence-electron chi connectivity index (χ0n) is 16.3. The molecule has 1 saturated heterocycles. The number of rotatable bonds is 7. The van der Waals surface area contributed by atoms with Gasteiger partial charge in [-0.25, -0.2) is 0 Å². The molecule has 1 amide bonds. The largest absolute Gasteiger partial charge is 0.356 e. The standard InChI is InChI=1S/C22H25N5O2/c28-20(9-8-17-5-4-12-23-15-17)24-16-18-10-13-27(14-11-18)22-25-21(29-26-22)19-6-2-1-3-7-19/h1-7,12,15,18H,8-11,13-14,16H2,(H,24,28). The molecule has 0 unspecified atom stereocenters. The van der Waals surface area contributed by atoms with E-state index in [0.717, 1.165) is 50.0 Å². The van der Waals surface area contributed by atoms with Gasteiger partial charge in [0.05, 0.1) is 0 Å². The minimum Gasteiger partial charge on any atom is -0.356 e. The van der Waals surface area contributed by atoms with Gasteiger partial charge >= 0.3 is 0 Å². The monoisotopic (exact) mass is 391 g/mol. The first kappa shape index (κ1) is 19.1. The summed E-state index contributed by atoms with van der Waals surface area (Å²) in [5.41, 5.74) is 2.01. The Bertz CT molecular complexity index is 905. The Kier molecular flexibility index (Phi) is 6.14. The lowest BCUT2D eigenvalue weighted by Gasteiger charge is -2.30. The van der Waals surface area contributed by atoms with Crippen LogP contribution in [0.15, 0.2) is 59.4 Å². The summed E-state index contributed by atoms with van der Waals surface area (Å²) >= 11 is 0. The fourth-order valence-electron chi connectivity index (χ4n) is 3.53. The molecule has 0 aliphatic carbocycles. The van der Waals surface area contributed by atoms with Crippen molar-refractivity contribution in [1.82, 2.24) is 20.4 Å². The summed E-state index contributed by atoms with van der Waals surface area (Å²) < 4.78 is 5.41. The number of hydrogen-bond donors (Lipinski definition) is 1. The summed E-state index contributed by atoms with van der Waals surface area (Å²) in [4.78, 5) is 22.9. The third-order valence-electron chi connectivity index (χ3n) is 5.28. The van der Waals surface area contributed by atoms with E-state index in [0.29, 0.717) is 24.2 Å². The van der Waals surface area contributed by atoms with E-state index in [1.54, 1.807) is 6.20 Å². The van der Waals surface area contributed by atoms with Crippen LogP contribution >= 0.6 is 0 Å². The number of nitrogens with zero attached hydrogens (tertiary/aromatic N) is 4. The lowest BCUT2D eigenvalue weighted by Crippen LogP contribution is -2.39. The van der Waals surface area contributed by atoms with Gasteiger partial charge in [-0.1, -0.05) is 24.3 Å². The zero-order valence-corrected chi connectivity index (χ0v) is 16.3. The maximum Gasteiger partial charge on any atom is 0.266 e. The average Bonchev–Trinajstić information content (AvgIpc) is 3.28. The number of anilines is 1. The Hall–Kier alpha value is -3.22. The molecule has 1 fully saturated rings. The molecular formula is C22H25N5O2. The molecule has 1 aliphatic rings. The molecule has 4 rings (SSSR count). The fraction of sp³-hybridized carbons (Fsp3) is 0.364. The lowest BCUT2D eigenvalue weighted by molar-refractivity contribution is -0.121. The number of amides is 1. The molecule has 0 radical (unpaired) electrons. The van der Waals surface area contributed by atoms with Gasteiger partial charge in [0.15, 0.2) is 0 Å². The second-order valence-electron chi connectivity index (χ2n) is 7.36. The normalized spacial score (nSPS) is 14.7. The maximum atomic E-state index is 12.1. The van der Waals surface area contributed by atoms with E-state index in [2.05, 4.69) is 25.3 Å². The van der Waals surface area contributed by atoms with Gasteiger partial charge in [-0.15, -0.1) is 0 Å². The first-order chi connectivity index (χ1) is 14.3. The maximum absolute atomic E-state index is 12.1. The number of carbonyl (C=O) groups is 1. The van der Waals surface area contributed by atoms with E-state index < -0.39 is 0 Å². The molecule has 1 N–H and O–H groups in total. The van der Waals surface area contributed by atoms with Crippen LogP contribution in [0, 0.1) is 5.92 Å². The molecule has 0 atom stereocenters. The molecular weight excluding hydrogens is 366 g/mol. The van der Waals surface area contributed by atoms with Crippen LogP contribution in [-0.2, 0) is 11.2 Å². The molecule has 7 nitrogen and oxygen atoms in total. The van der Waals surface area contributed by atoms with Crippen LogP contribution in [-0.4, -0.2) is 40.7 Å². The number of benzene rings is 1. The molecule has 0 spiro atoms. The van der Waals surface area contributed by atoms with Crippen molar-refractivity contribution in [3.8, 4) is 11.5 Å². The highest BCUT2D eigenvalue weighted by Gasteiger charge is 2.23. The summed E-state index contributed by atoms with van der Waals surface area (Å²) in [6.07, 6.45) is 6.77. The Labute approximate surface area is 170 Å². The predicted octanol–water partition coefficient (Wildman–Crippen LogP) is 3.10. The first-order valence-corrected chi connectivity index (χ1v) is 10.1. The third kappa shape index (κ3) is 5.19. The van der Waals surface area contributed by atoms with E-state index in [4.69, 9.17) is 4.52 Å². The summed E-state index contributed by atoms with van der Waals surface area (Å²) in [6.45, 7) is 2.45. The first-order valence-electron chi connectivity index (χ1n) is 10.1. The number of carbonyl (C=O) groups excluding carboxylic acids is 1. The number of pyridine rings is 1. The van der Waals surface area contributed by atoms with Gasteiger partial charge in [-0.2, -0.15) is 4.98 Å². The van der Waals surface area contributed by atoms with Crippen LogP contribution in [0.5, 0.6) is 0 Å². The molecule has 1 aliphatic heterocycles. The van der Waals surface area contributed by atoms with Crippen molar-refractivity contribution in [2.24, 2.45) is 5.92 Å². The number of piperidine rings is 1. The number of aromatic nitrogens is 3. The Morgan fingerprint density at radius 3 is 2.72 bits per heavy atom. The van der Waals surface area contributed by atoms with Crippen LogP contribution in [0.25, 0.3) is 11.5 Å². The highest BCUT2D eigenvalue weighted by Crippen LogP contribution is 2.24. The summed E-state index contributed by atoms with van der Waals surface area (Å²) in [5.74, 6) is 1.77. The lowest BCUT2D eigenvalue weighted by atomic mass is 9.97. The summed E-state index contributed by atoms with van der Waals surface area (Å²) in [5, 5.41) is 7.21. The van der Waals surface area contributed by atoms with Gasteiger partial charge in [-0.3, -0.25) is 9.78 Å². The van der Waals surface area contributed by atoms with Gasteiger partial charge in [0, 0.05) is 44.0 Å². The Morgan fingerprint density at radius 1 is 1.14 bits per heavy atom. The SMILES string of the molecule is O=C(CCc1cccnc1)NCC1CCN(c2noc(-c3ccccc3)n2)CC1. The minimum absolute atomic E-state index is 0.0990. The summed E-state index contributed by atoms with van der Waals surface area (Å²) in [7, 11) is 0. The van der Waals surface area contributed by atoms with Crippen LogP contribution in [0.4, 0.5) is 5.95 Å². The van der Waals surface area contributed by atoms with Crippen molar-refractivity contribution >= 4 is 11.9 Å². The molecule has 2 aromatic heterocycles. The molecule has 7 heteroatoms. The van der Waals surface area contributed by atoms with Crippen molar-refractivity contribution in [2.75, 3.05) is 24.5 Å². The molecule has 3 heterocycles. The topological polar surface area (TPSA) is 84.2 Å². The van der Waals surface area contributed by atoms with Gasteiger partial charge in [-0.05, 0) is 54.1 Å². The van der Waals surface area contributed by atoms with E-state index in [-0.39, 0.29) is 5.91 Å². The molecule has 29 heavy (non-hydrogen) atoms. The molecule has 0 saturated carbocycles. The average molecular weight is 391 g/mol. The van der Waals surface area contributed by atoms with Crippen molar-refractivity contribution in [3.63, 3.8) is 0 Å². The Morgan fingerprint density at radius 2 is 1.97 bits per heavy atom. The fourth-order valence-corrected chi connectivity index (χ4v) is 3.53. The zero-order chi connectivity index (χ0) is 19.9. The van der Waals surface area contributed by atoms with Crippen LogP contribution in [0.3, 0.4) is 0 Å². The van der Waals surface area contributed by atoms with Gasteiger partial charge in [0.2, 0.25) is 5.91 Å². The van der Waals surface area contributed by atoms with Crippen LogP contribution < -0.4 is 10.2 Å². The quantitative estimate of drug-likeness (QED) is 0.666. The van der Waals surface area contributed by atoms with E-state index in [9.17, 15) is 4.79 Å². The van der Waals surface area contributed by atoms with E-state index in [1.165, 1.54) is 0 Å². The number of aryl methyl sites for hydroxylation is 1. The van der Waals surface area contributed by atoms with Crippen molar-refractivity contribution in [2.45, 2.75) is 25.7 Å². The van der Waals surface area contributed by atoms with E-state index in [1.807, 2.05) is 48.7 Å². The molecule has 1 aromatic carbocycles. The third-order valence-corrected chi connectivity index (χ3v) is 5.28. The summed E-state index contributed by atoms with van der Waals surface area (Å²) in [6, 6.07) is 13.7. The Balaban J connectivity index is 1.20. The smallest absolute Gasteiger partial charge is 0.266 e. The van der Waals surface area contributed by atoms with E-state index >= 15 is 0 Å². The number of nitrogens with one attached hydrogen (secondary N) is 1. The van der Waals surface area contributed by atoms with Gasteiger partial charge < -0.3 is 14.7 Å². The molecule has 0 bridgehead atoms. The van der Waals surface area contributed by atoms with Crippen molar-refractivity contribution < 1.29 is 9.32 Å². The van der Waals surface area contributed by atoms with Crippen molar-refractivity contribution in [3.05, 3.63) is 60.4 Å².